The quantitative estimate of drug-likeness (QED) is 0.661. The van der Waals surface area contributed by atoms with Crippen LogP contribution in [-0.4, -0.2) is 44.6 Å². The number of aromatic nitrogens is 4. The monoisotopic (exact) mass is 281 g/mol. The number of fused-ring (bicyclic) bond motifs is 2. The van der Waals surface area contributed by atoms with Crippen LogP contribution in [0.2, 0.25) is 0 Å². The Morgan fingerprint density at radius 3 is 2.86 bits per heavy atom. The van der Waals surface area contributed by atoms with Gasteiger partial charge in [-0.3, -0.25) is 14.6 Å². The molecule has 5 nitrogen and oxygen atoms in total. The number of aromatic amines is 2. The molecule has 0 unspecified atom stereocenters. The first kappa shape index (κ1) is 12.5. The molecule has 1 aliphatic heterocycles. The number of rotatable bonds is 0. The zero-order valence-electron chi connectivity index (χ0n) is 12.1. The normalized spacial score (nSPS) is 16.7. The Morgan fingerprint density at radius 2 is 2.00 bits per heavy atom. The van der Waals surface area contributed by atoms with Gasteiger partial charge in [-0.1, -0.05) is 0 Å². The zero-order valence-corrected chi connectivity index (χ0v) is 12.1. The summed E-state index contributed by atoms with van der Waals surface area (Å²) >= 11 is 0. The number of nitrogens with zero attached hydrogens (tertiary/aromatic N) is 3. The highest BCUT2D eigenvalue weighted by Gasteiger charge is 2.12. The highest BCUT2D eigenvalue weighted by Crippen LogP contribution is 2.15. The highest BCUT2D eigenvalue weighted by molar-refractivity contribution is 5.73. The minimum absolute atomic E-state index is 1.03. The summed E-state index contributed by atoms with van der Waals surface area (Å²) in [5.41, 5.74) is 4.76. The van der Waals surface area contributed by atoms with Gasteiger partial charge in [-0.05, 0) is 43.7 Å². The van der Waals surface area contributed by atoms with Crippen LogP contribution in [0.25, 0.3) is 22.1 Å². The summed E-state index contributed by atoms with van der Waals surface area (Å²) in [5.74, 6) is 0. The fraction of sp³-hybridized carbons (Fsp3) is 0.312. The van der Waals surface area contributed by atoms with E-state index in [0.29, 0.717) is 0 Å². The molecule has 0 saturated carbocycles. The van der Waals surface area contributed by atoms with Crippen molar-refractivity contribution in [1.29, 1.82) is 0 Å². The van der Waals surface area contributed by atoms with Gasteiger partial charge in [-0.25, -0.2) is 0 Å². The van der Waals surface area contributed by atoms with Crippen molar-refractivity contribution < 1.29 is 0 Å². The highest BCUT2D eigenvalue weighted by atomic mass is 15.2. The topological polar surface area (TPSA) is 52.1 Å². The van der Waals surface area contributed by atoms with Crippen molar-refractivity contribution in [2.75, 3.05) is 20.1 Å². The summed E-state index contributed by atoms with van der Waals surface area (Å²) < 4.78 is 2.08. The lowest BCUT2D eigenvalue weighted by atomic mass is 10.0. The molecule has 1 saturated heterocycles. The van der Waals surface area contributed by atoms with Crippen molar-refractivity contribution in [3.8, 4) is 0 Å². The molecule has 2 N–H and O–H groups in total. The van der Waals surface area contributed by atoms with Crippen LogP contribution in [-0.2, 0) is 0 Å². The van der Waals surface area contributed by atoms with Gasteiger partial charge < -0.3 is 9.88 Å². The second-order valence-corrected chi connectivity index (χ2v) is 5.70. The van der Waals surface area contributed by atoms with Gasteiger partial charge in [0.15, 0.2) is 0 Å². The molecule has 0 amide bonds. The summed E-state index contributed by atoms with van der Waals surface area (Å²) in [6.45, 7) is 2.24. The first-order chi connectivity index (χ1) is 10.3. The summed E-state index contributed by atoms with van der Waals surface area (Å²) in [4.78, 5) is 10.2. The molecule has 5 heteroatoms. The molecule has 0 atom stereocenters. The number of H-pyrrole nitrogens is 2. The van der Waals surface area contributed by atoms with E-state index in [1.165, 1.54) is 16.4 Å². The fourth-order valence-electron chi connectivity index (χ4n) is 3.01. The molecule has 0 aliphatic carbocycles. The second kappa shape index (κ2) is 4.93. The van der Waals surface area contributed by atoms with Crippen LogP contribution in [0.15, 0.2) is 36.8 Å². The molecular weight excluding hydrogens is 262 g/mol. The van der Waals surface area contributed by atoms with Crippen molar-refractivity contribution in [1.82, 2.24) is 24.5 Å². The number of piperidine rings is 1. The van der Waals surface area contributed by atoms with E-state index in [9.17, 15) is 0 Å². The van der Waals surface area contributed by atoms with Crippen LogP contribution >= 0.6 is 0 Å². The van der Waals surface area contributed by atoms with Crippen molar-refractivity contribution in [2.45, 2.75) is 12.8 Å². The molecule has 21 heavy (non-hydrogen) atoms. The molecule has 1 aliphatic rings. The number of nitrogens with one attached hydrogen (secondary N) is 2. The van der Waals surface area contributed by atoms with E-state index < -0.39 is 0 Å². The van der Waals surface area contributed by atoms with E-state index in [0.717, 1.165) is 37.0 Å². The Balaban J connectivity index is 2.10. The van der Waals surface area contributed by atoms with Crippen molar-refractivity contribution >= 4 is 22.1 Å². The Hall–Kier alpha value is -2.27. The van der Waals surface area contributed by atoms with Gasteiger partial charge in [-0.2, -0.15) is 0 Å². The molecule has 1 fully saturated rings. The van der Waals surface area contributed by atoms with Gasteiger partial charge in [-0.15, -0.1) is 0 Å². The number of pyridine rings is 1. The Kier molecular flexibility index (Phi) is 2.93. The summed E-state index contributed by atoms with van der Waals surface area (Å²) in [6.07, 6.45) is 7.97. The minimum Gasteiger partial charge on any atom is -0.351 e. The Morgan fingerprint density at radius 1 is 1.14 bits per heavy atom. The summed E-state index contributed by atoms with van der Waals surface area (Å²) in [7, 11) is 2.19. The van der Waals surface area contributed by atoms with E-state index in [2.05, 4.69) is 49.9 Å². The van der Waals surface area contributed by atoms with Crippen LogP contribution in [0.4, 0.5) is 0 Å². The molecule has 0 spiro atoms. The molecule has 4 rings (SSSR count). The van der Waals surface area contributed by atoms with Crippen LogP contribution in [0.5, 0.6) is 0 Å². The largest absolute Gasteiger partial charge is 0.351 e. The summed E-state index contributed by atoms with van der Waals surface area (Å²) in [6, 6.07) is 6.22. The number of likely N-dealkylation sites (tertiary alicyclic amines) is 1. The Bertz CT molecular complexity index is 870. The predicted octanol–water partition coefficient (Wildman–Crippen LogP) is 1.86. The van der Waals surface area contributed by atoms with E-state index in [4.69, 9.17) is 0 Å². The molecule has 0 radical (unpaired) electrons. The summed E-state index contributed by atoms with van der Waals surface area (Å²) in [5, 5.41) is 4.66. The van der Waals surface area contributed by atoms with Crippen molar-refractivity contribution in [3.63, 3.8) is 0 Å². The molecule has 0 bridgehead atoms. The smallest absolute Gasteiger partial charge is 0.0858 e. The Labute approximate surface area is 122 Å². The SMILES string of the molecule is CN1CCC(=c2[nH]c3cnccc3[nH]n3cccc23)CC1. The lowest BCUT2D eigenvalue weighted by Gasteiger charge is -2.23. The molecule has 3 aromatic rings. The van der Waals surface area contributed by atoms with Crippen molar-refractivity contribution in [2.24, 2.45) is 0 Å². The zero-order chi connectivity index (χ0) is 14.2. The average molecular weight is 281 g/mol. The second-order valence-electron chi connectivity index (χ2n) is 5.70. The van der Waals surface area contributed by atoms with Gasteiger partial charge in [0, 0.05) is 25.5 Å². The first-order valence-electron chi connectivity index (χ1n) is 7.37. The van der Waals surface area contributed by atoms with E-state index in [-0.39, 0.29) is 0 Å². The molecule has 0 aromatic carbocycles. The molecule has 4 heterocycles. The third kappa shape index (κ3) is 2.19. The standard InChI is InChI=1S/C16H19N5/c1-20-9-5-12(6-10-20)16-15-3-2-8-21(15)19-13-4-7-17-11-14(13)18-16/h2-4,7-8,11,18-19H,5-6,9-10H2,1H3. The number of hydrogen-bond donors (Lipinski definition) is 2. The van der Waals surface area contributed by atoms with Gasteiger partial charge in [0.05, 0.1) is 28.1 Å². The van der Waals surface area contributed by atoms with Crippen LogP contribution < -0.4 is 5.35 Å². The van der Waals surface area contributed by atoms with Crippen LogP contribution in [0, 0.1) is 0 Å². The molecule has 108 valence electrons. The maximum atomic E-state index is 4.24. The molecule has 3 aromatic heterocycles. The van der Waals surface area contributed by atoms with Gasteiger partial charge in [0.1, 0.15) is 0 Å². The van der Waals surface area contributed by atoms with Gasteiger partial charge >= 0.3 is 0 Å². The molecular formula is C16H19N5. The third-order valence-corrected chi connectivity index (χ3v) is 4.27. The van der Waals surface area contributed by atoms with E-state index >= 15 is 0 Å². The van der Waals surface area contributed by atoms with Gasteiger partial charge in [0.2, 0.25) is 0 Å². The van der Waals surface area contributed by atoms with Crippen LogP contribution in [0.3, 0.4) is 0 Å². The minimum atomic E-state index is 1.03. The van der Waals surface area contributed by atoms with Gasteiger partial charge in [0.25, 0.3) is 0 Å². The number of hydrogen-bond acceptors (Lipinski definition) is 2. The first-order valence-corrected chi connectivity index (χ1v) is 7.37. The lowest BCUT2D eigenvalue weighted by Crippen LogP contribution is -2.29. The lowest BCUT2D eigenvalue weighted by molar-refractivity contribution is 0.328. The predicted molar refractivity (Wildman–Crippen MR) is 84.4 cm³/mol. The van der Waals surface area contributed by atoms with Crippen LogP contribution in [0.1, 0.15) is 12.8 Å². The van der Waals surface area contributed by atoms with E-state index in [1.54, 1.807) is 0 Å². The average Bonchev–Trinajstić information content (AvgIpc) is 2.89. The maximum Gasteiger partial charge on any atom is 0.0858 e. The van der Waals surface area contributed by atoms with E-state index in [1.807, 2.05) is 18.5 Å². The van der Waals surface area contributed by atoms with Crippen molar-refractivity contribution in [3.05, 3.63) is 42.1 Å². The maximum absolute atomic E-state index is 4.24. The fourth-order valence-corrected chi connectivity index (χ4v) is 3.01. The third-order valence-electron chi connectivity index (χ3n) is 4.27.